The number of amides is 2. The number of anilines is 1. The largest absolute Gasteiger partial charge is 0.493 e. The van der Waals surface area contributed by atoms with Gasteiger partial charge in [0.25, 0.3) is 5.91 Å². The van der Waals surface area contributed by atoms with Crippen molar-refractivity contribution < 1.29 is 33.3 Å². The minimum atomic E-state index is -0.338. The number of nitrogens with two attached hydrogens (primary N) is 1. The quantitative estimate of drug-likeness (QED) is 0.379. The molecule has 1 aliphatic heterocycles. The van der Waals surface area contributed by atoms with Crippen molar-refractivity contribution in [2.45, 2.75) is 13.0 Å². The van der Waals surface area contributed by atoms with Crippen LogP contribution >= 0.6 is 0 Å². The fraction of sp³-hybridized carbons (Fsp3) is 0.304. The Labute approximate surface area is 187 Å². The molecule has 32 heavy (non-hydrogen) atoms. The molecule has 0 saturated carbocycles. The van der Waals surface area contributed by atoms with Crippen LogP contribution in [0.2, 0.25) is 0 Å². The Balaban J connectivity index is 0.00000114. The maximum absolute atomic E-state index is 12.7. The zero-order chi connectivity index (χ0) is 23.8. The molecule has 2 N–H and O–H groups in total. The van der Waals surface area contributed by atoms with Crippen molar-refractivity contribution >= 4 is 18.0 Å². The Morgan fingerprint density at radius 3 is 2.00 bits per heavy atom. The molecule has 0 radical (unpaired) electrons. The van der Waals surface area contributed by atoms with Gasteiger partial charge in [0.2, 0.25) is 12.2 Å². The molecule has 1 saturated heterocycles. The molecule has 9 nitrogen and oxygen atoms in total. The van der Waals surface area contributed by atoms with E-state index in [0.29, 0.717) is 46.6 Å². The van der Waals surface area contributed by atoms with Crippen LogP contribution in [0.5, 0.6) is 28.7 Å². The van der Waals surface area contributed by atoms with E-state index in [1.807, 2.05) is 25.1 Å². The normalized spacial score (nSPS) is 14.5. The first kappa shape index (κ1) is 24.4. The Morgan fingerprint density at radius 2 is 1.53 bits per heavy atom. The van der Waals surface area contributed by atoms with E-state index >= 15 is 0 Å². The van der Waals surface area contributed by atoms with Crippen molar-refractivity contribution in [1.82, 2.24) is 0 Å². The third-order valence-electron chi connectivity index (χ3n) is 4.81. The van der Waals surface area contributed by atoms with E-state index in [-0.39, 0.29) is 18.4 Å². The van der Waals surface area contributed by atoms with Crippen LogP contribution in [0.3, 0.4) is 0 Å². The number of nitrogens with zero attached hydrogens (tertiary/aromatic N) is 1. The van der Waals surface area contributed by atoms with Crippen LogP contribution < -0.4 is 34.3 Å². The third-order valence-corrected chi connectivity index (χ3v) is 4.81. The lowest BCUT2D eigenvalue weighted by atomic mass is 9.88. The molecule has 2 amide bonds. The van der Waals surface area contributed by atoms with Crippen molar-refractivity contribution in [2.24, 2.45) is 5.73 Å². The zero-order valence-electron chi connectivity index (χ0n) is 18.8. The highest BCUT2D eigenvalue weighted by Gasteiger charge is 2.43. The summed E-state index contributed by atoms with van der Waals surface area (Å²) < 4.78 is 27.2. The highest BCUT2D eigenvalue weighted by atomic mass is 16.5. The van der Waals surface area contributed by atoms with Gasteiger partial charge < -0.3 is 29.4 Å². The van der Waals surface area contributed by atoms with Crippen LogP contribution in [0, 0.1) is 0 Å². The minimum Gasteiger partial charge on any atom is -0.493 e. The Morgan fingerprint density at radius 1 is 0.969 bits per heavy atom. The topological polar surface area (TPSA) is 110 Å². The fourth-order valence-electron chi connectivity index (χ4n) is 3.43. The second-order valence-corrected chi connectivity index (χ2v) is 6.47. The van der Waals surface area contributed by atoms with Crippen LogP contribution in [-0.2, 0) is 9.59 Å². The maximum Gasteiger partial charge on any atom is 0.256 e. The second kappa shape index (κ2) is 10.9. The van der Waals surface area contributed by atoms with Gasteiger partial charge in [-0.05, 0) is 24.6 Å². The van der Waals surface area contributed by atoms with E-state index in [0.717, 1.165) is 5.56 Å². The second-order valence-electron chi connectivity index (χ2n) is 6.47. The average molecular weight is 444 g/mol. The van der Waals surface area contributed by atoms with Gasteiger partial charge in [0, 0.05) is 17.7 Å². The number of rotatable bonds is 8. The monoisotopic (exact) mass is 444 g/mol. The molecule has 2 aromatic rings. The van der Waals surface area contributed by atoms with E-state index in [4.69, 9.17) is 28.5 Å². The van der Waals surface area contributed by atoms with Crippen molar-refractivity contribution in [1.29, 1.82) is 0 Å². The number of benzene rings is 2. The van der Waals surface area contributed by atoms with Crippen LogP contribution in [0.15, 0.2) is 42.5 Å². The molecule has 1 heterocycles. The van der Waals surface area contributed by atoms with Crippen molar-refractivity contribution in [3.05, 3.63) is 48.0 Å². The van der Waals surface area contributed by atoms with E-state index < -0.39 is 0 Å². The van der Waals surface area contributed by atoms with Gasteiger partial charge in [-0.25, -0.2) is 0 Å². The third kappa shape index (κ3) is 4.56. The highest BCUT2D eigenvalue weighted by molar-refractivity contribution is 6.15. The van der Waals surface area contributed by atoms with Crippen LogP contribution in [0.1, 0.15) is 18.5 Å². The molecule has 1 atom stereocenters. The number of carbonyl (C=O) groups is 2. The summed E-state index contributed by atoms with van der Waals surface area (Å²) in [6, 6.07) is 8.74. The summed E-state index contributed by atoms with van der Waals surface area (Å²) in [6.45, 7) is 6.37. The number of primary amides is 1. The Hall–Kier alpha value is -3.88. The lowest BCUT2D eigenvalue weighted by Gasteiger charge is -2.42. The number of β-lactam (4-membered cyclic amide) rings is 1. The predicted octanol–water partition coefficient (Wildman–Crippen LogP) is 2.87. The molecule has 0 aliphatic carbocycles. The lowest BCUT2D eigenvalue weighted by molar-refractivity contribution is -0.119. The molecule has 3 rings (SSSR count). The number of methoxy groups -OCH3 is 4. The van der Waals surface area contributed by atoms with Crippen molar-refractivity contribution in [3.63, 3.8) is 0 Å². The van der Waals surface area contributed by atoms with Gasteiger partial charge in [0.1, 0.15) is 0 Å². The number of hydrogen-bond acceptors (Lipinski definition) is 7. The molecule has 9 heteroatoms. The van der Waals surface area contributed by atoms with E-state index in [1.54, 1.807) is 24.1 Å². The molecule has 0 bridgehead atoms. The minimum absolute atomic E-state index is 0.168. The molecular formula is C23H28N2O7. The van der Waals surface area contributed by atoms with Crippen LogP contribution in [0.25, 0.3) is 0 Å². The van der Waals surface area contributed by atoms with Crippen LogP contribution in [-0.4, -0.2) is 47.4 Å². The molecule has 1 fully saturated rings. The first-order chi connectivity index (χ1) is 15.4. The van der Waals surface area contributed by atoms with Crippen molar-refractivity contribution in [3.8, 4) is 28.7 Å². The van der Waals surface area contributed by atoms with E-state index in [9.17, 15) is 4.79 Å². The Bertz CT molecular complexity index is 965. The summed E-state index contributed by atoms with van der Waals surface area (Å²) in [5.74, 6) is 2.48. The van der Waals surface area contributed by atoms with Gasteiger partial charge in [-0.3, -0.25) is 14.5 Å². The highest BCUT2D eigenvalue weighted by Crippen LogP contribution is 2.48. The zero-order valence-corrected chi connectivity index (χ0v) is 18.8. The smallest absolute Gasteiger partial charge is 0.256 e. The molecule has 172 valence electrons. The van der Waals surface area contributed by atoms with E-state index in [2.05, 4.69) is 12.3 Å². The summed E-state index contributed by atoms with van der Waals surface area (Å²) in [7, 11) is 6.19. The average Bonchev–Trinajstić information content (AvgIpc) is 2.81. The van der Waals surface area contributed by atoms with Gasteiger partial charge in [-0.2, -0.15) is 0 Å². The first-order valence-electron chi connectivity index (χ1n) is 9.70. The standard InChI is InChI=1S/C22H25NO6.CH3NO/c1-7-29-17-10-14(8-9-16(17)25-3)20-13(2)22(24)23(20)15-11-18(26-4)21(28-6)19(12-15)27-5;2-1-3/h8-12,20H,2,7H2,1,3-6H3;1H,(H2,2,3)/t20-;/m1./s1. The SMILES string of the molecule is C=C1C(=O)N(c2cc(OC)c(OC)c(OC)c2)[C@H]1c1ccc(OC)c(OCC)c1.NC=O. The number of hydrogen-bond donors (Lipinski definition) is 1. The molecular weight excluding hydrogens is 416 g/mol. The van der Waals surface area contributed by atoms with Crippen LogP contribution in [0.4, 0.5) is 5.69 Å². The summed E-state index contributed by atoms with van der Waals surface area (Å²) >= 11 is 0. The van der Waals surface area contributed by atoms with Gasteiger partial charge in [0.05, 0.1) is 46.8 Å². The van der Waals surface area contributed by atoms with Gasteiger partial charge in [0.15, 0.2) is 23.0 Å². The molecule has 0 spiro atoms. The summed E-state index contributed by atoms with van der Waals surface area (Å²) in [5, 5.41) is 0. The summed E-state index contributed by atoms with van der Waals surface area (Å²) in [5.41, 5.74) is 6.15. The van der Waals surface area contributed by atoms with Gasteiger partial charge in [-0.1, -0.05) is 12.6 Å². The number of carbonyl (C=O) groups excluding carboxylic acids is 2. The van der Waals surface area contributed by atoms with Crippen molar-refractivity contribution in [2.75, 3.05) is 39.9 Å². The maximum atomic E-state index is 12.7. The Kier molecular flexibility index (Phi) is 8.34. The van der Waals surface area contributed by atoms with Gasteiger partial charge >= 0.3 is 0 Å². The van der Waals surface area contributed by atoms with Gasteiger partial charge in [-0.15, -0.1) is 0 Å². The molecule has 0 unspecified atom stereocenters. The summed E-state index contributed by atoms with van der Waals surface area (Å²) in [4.78, 5) is 22.9. The summed E-state index contributed by atoms with van der Waals surface area (Å²) in [6.07, 6.45) is 0.250. The molecule has 2 aromatic carbocycles. The lowest BCUT2D eigenvalue weighted by Crippen LogP contribution is -2.48. The fourth-order valence-corrected chi connectivity index (χ4v) is 3.43. The molecule has 1 aliphatic rings. The van der Waals surface area contributed by atoms with E-state index in [1.165, 1.54) is 21.3 Å². The number of ether oxygens (including phenoxy) is 5. The molecule has 0 aromatic heterocycles. The predicted molar refractivity (Wildman–Crippen MR) is 120 cm³/mol. The first-order valence-corrected chi connectivity index (χ1v) is 9.70.